The van der Waals surface area contributed by atoms with Crippen molar-refractivity contribution in [3.8, 4) is 5.75 Å². The molecule has 1 heterocycles. The average molecular weight is 463 g/mol. The smallest absolute Gasteiger partial charge is 0.275 e. The van der Waals surface area contributed by atoms with Crippen LogP contribution in [0.1, 0.15) is 47.3 Å². The Morgan fingerprint density at radius 1 is 1.09 bits per heavy atom. The fourth-order valence-corrected chi connectivity index (χ4v) is 3.62. The largest absolute Gasteiger partial charge is 0.502 e. The summed E-state index contributed by atoms with van der Waals surface area (Å²) >= 11 is 0. The molecule has 3 aromatic rings. The minimum absolute atomic E-state index is 0.0556. The Balaban J connectivity index is 1.97. The average Bonchev–Trinajstić information content (AvgIpc) is 2.78. The maximum absolute atomic E-state index is 14.6. The van der Waals surface area contributed by atoms with Crippen LogP contribution >= 0.6 is 0 Å². The van der Waals surface area contributed by atoms with Gasteiger partial charge in [-0.15, -0.1) is 0 Å². The van der Waals surface area contributed by atoms with Gasteiger partial charge in [-0.3, -0.25) is 14.7 Å². The first-order valence-electron chi connectivity index (χ1n) is 10.2. The van der Waals surface area contributed by atoms with Crippen LogP contribution in [0.25, 0.3) is 0 Å². The molecule has 1 unspecified atom stereocenters. The molecule has 174 valence electrons. The molecule has 0 aliphatic rings. The predicted octanol–water partition coefficient (Wildman–Crippen LogP) is 4.11. The number of amides is 1. The minimum Gasteiger partial charge on any atom is -0.502 e. The van der Waals surface area contributed by atoms with Gasteiger partial charge in [-0.05, 0) is 36.1 Å². The van der Waals surface area contributed by atoms with Crippen LogP contribution < -0.4 is 5.43 Å². The number of rotatable bonds is 8. The summed E-state index contributed by atoms with van der Waals surface area (Å²) in [5, 5.41) is 15.8. The second kappa shape index (κ2) is 10.3. The van der Waals surface area contributed by atoms with Gasteiger partial charge in [0.05, 0.1) is 6.20 Å². The van der Waals surface area contributed by atoms with Gasteiger partial charge in [0, 0.05) is 25.1 Å². The summed E-state index contributed by atoms with van der Waals surface area (Å²) in [6.45, 7) is 1.91. The molecule has 0 aliphatic carbocycles. The summed E-state index contributed by atoms with van der Waals surface area (Å²) in [4.78, 5) is 25.8. The van der Waals surface area contributed by atoms with Crippen LogP contribution in [0.15, 0.2) is 47.4 Å². The molecule has 2 aromatic carbocycles. The highest BCUT2D eigenvalue weighted by atomic mass is 19.2. The Morgan fingerprint density at radius 3 is 2.55 bits per heavy atom. The first-order chi connectivity index (χ1) is 15.7. The van der Waals surface area contributed by atoms with E-state index in [2.05, 4.69) is 10.2 Å². The van der Waals surface area contributed by atoms with E-state index < -0.39 is 52.0 Å². The van der Waals surface area contributed by atoms with Crippen molar-refractivity contribution in [2.45, 2.75) is 25.7 Å². The number of carbonyl (C=O) groups excluding carboxylic acids is 1. The van der Waals surface area contributed by atoms with E-state index in [0.29, 0.717) is 12.5 Å². The molecule has 1 atom stereocenters. The van der Waals surface area contributed by atoms with Gasteiger partial charge in [-0.1, -0.05) is 25.1 Å². The lowest BCUT2D eigenvalue weighted by Gasteiger charge is -2.26. The van der Waals surface area contributed by atoms with Crippen molar-refractivity contribution in [1.29, 1.82) is 0 Å². The van der Waals surface area contributed by atoms with E-state index in [1.54, 1.807) is 6.92 Å². The fourth-order valence-electron chi connectivity index (χ4n) is 3.62. The van der Waals surface area contributed by atoms with Crippen molar-refractivity contribution in [2.24, 2.45) is 0 Å². The van der Waals surface area contributed by atoms with Crippen LogP contribution in [0.3, 0.4) is 0 Å². The number of aromatic nitrogens is 2. The summed E-state index contributed by atoms with van der Waals surface area (Å²) in [5.74, 6) is -6.64. The van der Waals surface area contributed by atoms with Crippen molar-refractivity contribution in [3.05, 3.63) is 92.9 Å². The maximum Gasteiger partial charge on any atom is 0.275 e. The van der Waals surface area contributed by atoms with Gasteiger partial charge in [0.15, 0.2) is 23.1 Å². The van der Waals surface area contributed by atoms with Gasteiger partial charge in [0.25, 0.3) is 5.91 Å². The molecule has 6 nitrogen and oxygen atoms in total. The van der Waals surface area contributed by atoms with Gasteiger partial charge >= 0.3 is 0 Å². The minimum atomic E-state index is -1.17. The number of benzene rings is 2. The maximum atomic E-state index is 14.6. The Morgan fingerprint density at radius 2 is 1.85 bits per heavy atom. The molecule has 3 rings (SSSR count). The van der Waals surface area contributed by atoms with Gasteiger partial charge in [0.2, 0.25) is 5.43 Å². The van der Waals surface area contributed by atoms with Crippen molar-refractivity contribution in [3.63, 3.8) is 0 Å². The molecule has 1 amide bonds. The van der Waals surface area contributed by atoms with Crippen LogP contribution in [0, 0.1) is 23.3 Å². The molecule has 0 saturated heterocycles. The molecule has 0 fully saturated rings. The number of hydrogen-bond donors (Lipinski definition) is 2. The monoisotopic (exact) mass is 463 g/mol. The SMILES string of the molecule is CCCN(CCC(c1ccc(F)cc1F)c1cccc(F)c1F)C(=O)c1[nH]ncc(=O)c1O. The van der Waals surface area contributed by atoms with Crippen molar-refractivity contribution in [1.82, 2.24) is 15.1 Å². The van der Waals surface area contributed by atoms with E-state index in [4.69, 9.17) is 0 Å². The number of H-pyrrole nitrogens is 1. The highest BCUT2D eigenvalue weighted by Crippen LogP contribution is 2.33. The van der Waals surface area contributed by atoms with Gasteiger partial charge in [-0.2, -0.15) is 5.10 Å². The van der Waals surface area contributed by atoms with Crippen molar-refractivity contribution < 1.29 is 27.5 Å². The molecular weight excluding hydrogens is 442 g/mol. The number of aromatic hydroxyl groups is 1. The molecule has 0 spiro atoms. The van der Waals surface area contributed by atoms with Gasteiger partial charge in [-0.25, -0.2) is 17.6 Å². The molecule has 0 bridgehead atoms. The quantitative estimate of drug-likeness (QED) is 0.493. The third kappa shape index (κ3) is 5.21. The van der Waals surface area contributed by atoms with E-state index in [1.165, 1.54) is 17.0 Å². The third-order valence-electron chi connectivity index (χ3n) is 5.21. The number of hydrogen-bond acceptors (Lipinski definition) is 4. The van der Waals surface area contributed by atoms with Crippen LogP contribution in [0.2, 0.25) is 0 Å². The summed E-state index contributed by atoms with van der Waals surface area (Å²) < 4.78 is 56.6. The zero-order valence-electron chi connectivity index (χ0n) is 17.6. The topological polar surface area (TPSA) is 86.3 Å². The van der Waals surface area contributed by atoms with Gasteiger partial charge < -0.3 is 10.0 Å². The second-order valence-electron chi connectivity index (χ2n) is 7.40. The first-order valence-corrected chi connectivity index (χ1v) is 10.2. The zero-order chi connectivity index (χ0) is 24.1. The molecule has 10 heteroatoms. The third-order valence-corrected chi connectivity index (χ3v) is 5.21. The van der Waals surface area contributed by atoms with E-state index in [-0.39, 0.29) is 30.6 Å². The Bertz CT molecular complexity index is 1220. The molecule has 2 N–H and O–H groups in total. The Labute approximate surface area is 186 Å². The standard InChI is InChI=1S/C23H21F4N3O3/c1-2-9-30(23(33)21-22(32)19(31)12-28-29-21)10-8-14(15-7-6-13(24)11-18(15)26)16-4-3-5-17(25)20(16)27/h3-7,11-12,14H,2,8-10H2,1H3,(H,28,32)(H,29,31). The normalized spacial score (nSPS) is 11.9. The second-order valence-corrected chi connectivity index (χ2v) is 7.40. The van der Waals surface area contributed by atoms with E-state index in [1.807, 2.05) is 0 Å². The molecule has 0 saturated carbocycles. The lowest BCUT2D eigenvalue weighted by molar-refractivity contribution is 0.0740. The lowest BCUT2D eigenvalue weighted by Crippen LogP contribution is -2.35. The van der Waals surface area contributed by atoms with Crippen LogP contribution in [-0.4, -0.2) is 39.2 Å². The number of halogens is 4. The molecule has 33 heavy (non-hydrogen) atoms. The van der Waals surface area contributed by atoms with Crippen LogP contribution in [0.4, 0.5) is 17.6 Å². The van der Waals surface area contributed by atoms with Gasteiger partial charge in [0.1, 0.15) is 11.6 Å². The number of nitrogens with one attached hydrogen (secondary N) is 1. The molecule has 1 aromatic heterocycles. The molecule has 0 aliphatic heterocycles. The Hall–Kier alpha value is -3.69. The van der Waals surface area contributed by atoms with E-state index in [0.717, 1.165) is 24.4 Å². The van der Waals surface area contributed by atoms with Crippen LogP contribution in [0.5, 0.6) is 5.75 Å². The zero-order valence-corrected chi connectivity index (χ0v) is 17.6. The molecular formula is C23H21F4N3O3. The highest BCUT2D eigenvalue weighted by Gasteiger charge is 2.26. The van der Waals surface area contributed by atoms with E-state index in [9.17, 15) is 32.3 Å². The Kier molecular flexibility index (Phi) is 7.47. The number of nitrogens with zero attached hydrogens (tertiary/aromatic N) is 2. The lowest BCUT2D eigenvalue weighted by atomic mass is 9.87. The first kappa shape index (κ1) is 24.0. The summed E-state index contributed by atoms with van der Waals surface area (Å²) in [6.07, 6.45) is 1.26. The number of aromatic amines is 1. The molecule has 0 radical (unpaired) electrons. The fraction of sp³-hybridized carbons (Fsp3) is 0.261. The summed E-state index contributed by atoms with van der Waals surface area (Å²) in [6, 6.07) is 6.29. The van der Waals surface area contributed by atoms with Crippen LogP contribution in [-0.2, 0) is 0 Å². The number of carbonyl (C=O) groups is 1. The highest BCUT2D eigenvalue weighted by molar-refractivity contribution is 5.94. The van der Waals surface area contributed by atoms with Crippen molar-refractivity contribution in [2.75, 3.05) is 13.1 Å². The summed E-state index contributed by atoms with van der Waals surface area (Å²) in [7, 11) is 0. The predicted molar refractivity (Wildman–Crippen MR) is 112 cm³/mol. The summed E-state index contributed by atoms with van der Waals surface area (Å²) in [5.41, 5.74) is -1.48. The van der Waals surface area contributed by atoms with Crippen molar-refractivity contribution >= 4 is 5.91 Å². The van der Waals surface area contributed by atoms with E-state index >= 15 is 0 Å².